The molecule has 16 heavy (non-hydrogen) atoms. The van der Waals surface area contributed by atoms with Gasteiger partial charge in [0.15, 0.2) is 0 Å². The molecule has 1 aliphatic rings. The third-order valence-electron chi connectivity index (χ3n) is 3.30. The average Bonchev–Trinajstić information content (AvgIpc) is 2.63. The van der Waals surface area contributed by atoms with E-state index in [0.29, 0.717) is 5.92 Å². The van der Waals surface area contributed by atoms with Crippen LogP contribution in [0.2, 0.25) is 0 Å². The molecule has 1 saturated carbocycles. The van der Waals surface area contributed by atoms with Crippen LogP contribution in [-0.2, 0) is 0 Å². The quantitative estimate of drug-likeness (QED) is 0.684. The second-order valence-corrected chi connectivity index (χ2v) is 4.80. The van der Waals surface area contributed by atoms with Crippen molar-refractivity contribution in [3.63, 3.8) is 0 Å². The zero-order valence-electron chi connectivity index (χ0n) is 9.74. The van der Waals surface area contributed by atoms with Gasteiger partial charge < -0.3 is 16.2 Å². The molecule has 0 bridgehead atoms. The number of nitrogens with one attached hydrogen (secondary N) is 1. The molecule has 0 heterocycles. The van der Waals surface area contributed by atoms with Crippen LogP contribution in [0, 0.1) is 12.8 Å². The molecule has 3 heteroatoms. The number of hydrogen-bond donors (Lipinski definition) is 3. The van der Waals surface area contributed by atoms with Crippen LogP contribution in [0.1, 0.15) is 24.8 Å². The fourth-order valence-electron chi connectivity index (χ4n) is 2.33. The van der Waals surface area contributed by atoms with Crippen molar-refractivity contribution in [2.45, 2.75) is 32.3 Å². The van der Waals surface area contributed by atoms with Crippen molar-refractivity contribution in [2.24, 2.45) is 5.92 Å². The van der Waals surface area contributed by atoms with Gasteiger partial charge in [-0.15, -0.1) is 0 Å². The first-order chi connectivity index (χ1) is 7.65. The van der Waals surface area contributed by atoms with Crippen molar-refractivity contribution >= 4 is 11.4 Å². The van der Waals surface area contributed by atoms with E-state index in [-0.39, 0.29) is 6.10 Å². The lowest BCUT2D eigenvalue weighted by Gasteiger charge is -2.14. The van der Waals surface area contributed by atoms with Crippen molar-refractivity contribution < 1.29 is 5.11 Å². The smallest absolute Gasteiger partial charge is 0.0574 e. The van der Waals surface area contributed by atoms with Gasteiger partial charge in [0.1, 0.15) is 0 Å². The molecular formula is C13H20N2O. The highest BCUT2D eigenvalue weighted by atomic mass is 16.3. The van der Waals surface area contributed by atoms with Crippen LogP contribution in [0.5, 0.6) is 0 Å². The summed E-state index contributed by atoms with van der Waals surface area (Å²) >= 11 is 0. The molecule has 0 aromatic heterocycles. The van der Waals surface area contributed by atoms with Gasteiger partial charge >= 0.3 is 0 Å². The van der Waals surface area contributed by atoms with Gasteiger partial charge in [-0.25, -0.2) is 0 Å². The Bertz CT molecular complexity index is 365. The molecule has 0 spiro atoms. The van der Waals surface area contributed by atoms with E-state index in [0.717, 1.165) is 37.2 Å². The number of anilines is 2. The van der Waals surface area contributed by atoms with Crippen LogP contribution in [-0.4, -0.2) is 17.8 Å². The van der Waals surface area contributed by atoms with Crippen LogP contribution < -0.4 is 11.1 Å². The van der Waals surface area contributed by atoms with E-state index in [1.54, 1.807) is 0 Å². The van der Waals surface area contributed by atoms with Crippen LogP contribution in [0.4, 0.5) is 11.4 Å². The van der Waals surface area contributed by atoms with Crippen LogP contribution >= 0.6 is 0 Å². The normalized spacial score (nSPS) is 24.6. The summed E-state index contributed by atoms with van der Waals surface area (Å²) in [7, 11) is 0. The summed E-state index contributed by atoms with van der Waals surface area (Å²) in [4.78, 5) is 0. The minimum absolute atomic E-state index is 0.0952. The Labute approximate surface area is 96.7 Å². The van der Waals surface area contributed by atoms with Crippen molar-refractivity contribution in [2.75, 3.05) is 17.6 Å². The largest absolute Gasteiger partial charge is 0.397 e. The molecular weight excluding hydrogens is 200 g/mol. The van der Waals surface area contributed by atoms with E-state index in [4.69, 9.17) is 5.73 Å². The minimum atomic E-state index is -0.0952. The van der Waals surface area contributed by atoms with Gasteiger partial charge in [0, 0.05) is 6.54 Å². The van der Waals surface area contributed by atoms with Crippen LogP contribution in [0.15, 0.2) is 18.2 Å². The zero-order chi connectivity index (χ0) is 11.5. The molecule has 1 aromatic rings. The van der Waals surface area contributed by atoms with E-state index in [1.165, 1.54) is 5.56 Å². The third kappa shape index (κ3) is 2.67. The average molecular weight is 220 g/mol. The van der Waals surface area contributed by atoms with Gasteiger partial charge in [-0.05, 0) is 49.8 Å². The molecule has 0 amide bonds. The molecule has 3 nitrogen and oxygen atoms in total. The van der Waals surface area contributed by atoms with E-state index in [9.17, 15) is 5.11 Å². The Balaban J connectivity index is 1.89. The van der Waals surface area contributed by atoms with Crippen molar-refractivity contribution in [1.29, 1.82) is 0 Å². The highest BCUT2D eigenvalue weighted by molar-refractivity contribution is 5.66. The number of aliphatic hydroxyl groups is 1. The zero-order valence-corrected chi connectivity index (χ0v) is 9.74. The summed E-state index contributed by atoms with van der Waals surface area (Å²) in [5.41, 5.74) is 8.91. The Kier molecular flexibility index (Phi) is 3.34. The van der Waals surface area contributed by atoms with E-state index in [1.807, 2.05) is 19.1 Å². The van der Waals surface area contributed by atoms with Gasteiger partial charge in [-0.3, -0.25) is 0 Å². The Hall–Kier alpha value is -1.22. The van der Waals surface area contributed by atoms with Crippen molar-refractivity contribution in [3.8, 4) is 0 Å². The van der Waals surface area contributed by atoms with Gasteiger partial charge in [-0.2, -0.15) is 0 Å². The predicted octanol–water partition coefficient (Wildman–Crippen LogP) is 2.15. The lowest BCUT2D eigenvalue weighted by atomic mass is 10.1. The summed E-state index contributed by atoms with van der Waals surface area (Å²) in [6, 6.07) is 6.06. The summed E-state index contributed by atoms with van der Waals surface area (Å²) in [6.45, 7) is 2.94. The summed E-state index contributed by atoms with van der Waals surface area (Å²) < 4.78 is 0. The lowest BCUT2D eigenvalue weighted by molar-refractivity contribution is 0.178. The fourth-order valence-corrected chi connectivity index (χ4v) is 2.33. The first kappa shape index (κ1) is 11.3. The highest BCUT2D eigenvalue weighted by Crippen LogP contribution is 2.27. The molecule has 4 N–H and O–H groups in total. The first-order valence-corrected chi connectivity index (χ1v) is 5.93. The van der Waals surface area contributed by atoms with Gasteiger partial charge in [0.25, 0.3) is 0 Å². The maximum atomic E-state index is 9.44. The number of nitrogen functional groups attached to an aromatic ring is 1. The Morgan fingerprint density at radius 1 is 1.44 bits per heavy atom. The minimum Gasteiger partial charge on any atom is -0.397 e. The van der Waals surface area contributed by atoms with E-state index < -0.39 is 0 Å². The highest BCUT2D eigenvalue weighted by Gasteiger charge is 2.22. The monoisotopic (exact) mass is 220 g/mol. The molecule has 88 valence electrons. The topological polar surface area (TPSA) is 58.3 Å². The fraction of sp³-hybridized carbons (Fsp3) is 0.538. The standard InChI is InChI=1S/C13H20N2O/c1-9-2-5-13(12(14)6-9)15-8-10-3-4-11(16)7-10/h2,5-6,10-11,15-16H,3-4,7-8,14H2,1H3. The van der Waals surface area contributed by atoms with Gasteiger partial charge in [0.2, 0.25) is 0 Å². The molecule has 0 aliphatic heterocycles. The Morgan fingerprint density at radius 2 is 2.25 bits per heavy atom. The SMILES string of the molecule is Cc1ccc(NCC2CCC(O)C2)c(N)c1. The van der Waals surface area contributed by atoms with Gasteiger partial charge in [-0.1, -0.05) is 6.07 Å². The Morgan fingerprint density at radius 3 is 2.88 bits per heavy atom. The second-order valence-electron chi connectivity index (χ2n) is 4.80. The summed E-state index contributed by atoms with van der Waals surface area (Å²) in [6.07, 6.45) is 2.87. The number of nitrogens with two attached hydrogens (primary N) is 1. The van der Waals surface area contributed by atoms with Crippen LogP contribution in [0.25, 0.3) is 0 Å². The van der Waals surface area contributed by atoms with Crippen molar-refractivity contribution in [1.82, 2.24) is 0 Å². The second kappa shape index (κ2) is 4.74. The number of hydrogen-bond acceptors (Lipinski definition) is 3. The molecule has 2 rings (SSSR count). The predicted molar refractivity (Wildman–Crippen MR) is 67.4 cm³/mol. The number of rotatable bonds is 3. The van der Waals surface area contributed by atoms with Crippen LogP contribution in [0.3, 0.4) is 0 Å². The van der Waals surface area contributed by atoms with E-state index >= 15 is 0 Å². The molecule has 2 atom stereocenters. The van der Waals surface area contributed by atoms with Crippen molar-refractivity contribution in [3.05, 3.63) is 23.8 Å². The number of aliphatic hydroxyl groups excluding tert-OH is 1. The first-order valence-electron chi connectivity index (χ1n) is 5.93. The summed E-state index contributed by atoms with van der Waals surface area (Å²) in [5, 5.41) is 12.8. The van der Waals surface area contributed by atoms with E-state index in [2.05, 4.69) is 11.4 Å². The number of benzene rings is 1. The third-order valence-corrected chi connectivity index (χ3v) is 3.30. The summed E-state index contributed by atoms with van der Waals surface area (Å²) in [5.74, 6) is 0.579. The molecule has 0 radical (unpaired) electrons. The molecule has 1 aliphatic carbocycles. The molecule has 1 fully saturated rings. The maximum Gasteiger partial charge on any atom is 0.0574 e. The number of aryl methyl sites for hydroxylation is 1. The maximum absolute atomic E-state index is 9.44. The molecule has 1 aromatic carbocycles. The van der Waals surface area contributed by atoms with Gasteiger partial charge in [0.05, 0.1) is 17.5 Å². The molecule has 0 saturated heterocycles. The lowest BCUT2D eigenvalue weighted by Crippen LogP contribution is -2.13. The molecule has 2 unspecified atom stereocenters.